The topological polar surface area (TPSA) is 51.0 Å². The Balaban J connectivity index is 4.12. The Morgan fingerprint density at radius 3 is 2.36 bits per heavy atom. The van der Waals surface area contributed by atoms with Crippen molar-refractivity contribution in [2.75, 3.05) is 7.11 Å². The van der Waals surface area contributed by atoms with Gasteiger partial charge >= 0.3 is 6.09 Å². The molecular weight excluding hydrogens is 144 g/mol. The van der Waals surface area contributed by atoms with Crippen LogP contribution < -0.4 is 0 Å². The van der Waals surface area contributed by atoms with Crippen LogP contribution in [0.2, 0.25) is 0 Å². The van der Waals surface area contributed by atoms with E-state index in [-0.39, 0.29) is 5.54 Å². The number of carbonyl (C=O) groups excluding carboxylic acids is 1. The molecule has 11 heavy (non-hydrogen) atoms. The van der Waals surface area contributed by atoms with Crippen LogP contribution in [0, 0.1) is 0 Å². The lowest BCUT2D eigenvalue weighted by Gasteiger charge is -2.06. The highest BCUT2D eigenvalue weighted by Gasteiger charge is 2.04. The molecule has 0 saturated carbocycles. The molecule has 0 spiro atoms. The van der Waals surface area contributed by atoms with Gasteiger partial charge in [0.05, 0.1) is 12.6 Å². The van der Waals surface area contributed by atoms with Crippen LogP contribution in [-0.4, -0.2) is 24.8 Å². The zero-order valence-corrected chi connectivity index (χ0v) is 7.21. The summed E-state index contributed by atoms with van der Waals surface area (Å²) < 4.78 is 4.24. The summed E-state index contributed by atoms with van der Waals surface area (Å²) in [5, 5.41) is 0. The first-order valence-corrected chi connectivity index (χ1v) is 3.21. The SMILES string of the molecule is COC(=O)N=C=NC(C)(C)C. The summed E-state index contributed by atoms with van der Waals surface area (Å²) in [6, 6.07) is 2.25. The van der Waals surface area contributed by atoms with E-state index in [1.807, 2.05) is 20.8 Å². The first kappa shape index (κ1) is 9.85. The van der Waals surface area contributed by atoms with Gasteiger partial charge in [-0.15, -0.1) is 4.99 Å². The summed E-state index contributed by atoms with van der Waals surface area (Å²) in [6.45, 7) is 5.65. The maximum absolute atomic E-state index is 10.4. The van der Waals surface area contributed by atoms with E-state index < -0.39 is 6.09 Å². The van der Waals surface area contributed by atoms with Gasteiger partial charge in [-0.2, -0.15) is 0 Å². The second-order valence-corrected chi connectivity index (χ2v) is 2.96. The van der Waals surface area contributed by atoms with Crippen molar-refractivity contribution in [1.29, 1.82) is 0 Å². The fraction of sp³-hybridized carbons (Fsp3) is 0.714. The molecule has 0 saturated heterocycles. The minimum absolute atomic E-state index is 0.252. The highest BCUT2D eigenvalue weighted by atomic mass is 16.5. The minimum Gasteiger partial charge on any atom is -0.451 e. The predicted octanol–water partition coefficient (Wildman–Crippen LogP) is 1.73. The number of rotatable bonds is 0. The highest BCUT2D eigenvalue weighted by Crippen LogP contribution is 2.03. The summed E-state index contributed by atoms with van der Waals surface area (Å²) in [5.41, 5.74) is -0.252. The lowest BCUT2D eigenvalue weighted by Crippen LogP contribution is -2.08. The van der Waals surface area contributed by atoms with Gasteiger partial charge in [-0.05, 0) is 20.8 Å². The van der Waals surface area contributed by atoms with E-state index in [9.17, 15) is 4.79 Å². The maximum atomic E-state index is 10.4. The number of ether oxygens (including phenoxy) is 1. The predicted molar refractivity (Wildman–Crippen MR) is 42.0 cm³/mol. The zero-order valence-electron chi connectivity index (χ0n) is 7.21. The maximum Gasteiger partial charge on any atom is 0.442 e. The molecule has 0 aliphatic rings. The average Bonchev–Trinajstić information content (AvgIpc) is 1.85. The lowest BCUT2D eigenvalue weighted by molar-refractivity contribution is 0.183. The first-order valence-electron chi connectivity index (χ1n) is 3.21. The second kappa shape index (κ2) is 3.88. The quantitative estimate of drug-likeness (QED) is 0.501. The summed E-state index contributed by atoms with van der Waals surface area (Å²) in [4.78, 5) is 17.5. The molecule has 0 unspecified atom stereocenters. The molecular formula is C7H12N2O2. The summed E-state index contributed by atoms with van der Waals surface area (Å²) in [5.74, 6) is 0. The largest absolute Gasteiger partial charge is 0.451 e. The molecule has 0 aromatic heterocycles. The molecule has 0 aromatic carbocycles. The molecule has 4 nitrogen and oxygen atoms in total. The van der Waals surface area contributed by atoms with Gasteiger partial charge in [-0.3, -0.25) is 0 Å². The van der Waals surface area contributed by atoms with Gasteiger partial charge in [0.15, 0.2) is 0 Å². The number of nitrogens with zero attached hydrogens (tertiary/aromatic N) is 2. The number of hydrogen-bond acceptors (Lipinski definition) is 3. The second-order valence-electron chi connectivity index (χ2n) is 2.96. The van der Waals surface area contributed by atoms with Crippen molar-refractivity contribution in [3.05, 3.63) is 0 Å². The van der Waals surface area contributed by atoms with Crippen LogP contribution in [0.4, 0.5) is 4.79 Å². The minimum atomic E-state index is -0.682. The Hall–Kier alpha value is -1.15. The van der Waals surface area contributed by atoms with Crippen molar-refractivity contribution >= 4 is 12.1 Å². The van der Waals surface area contributed by atoms with Crippen molar-refractivity contribution < 1.29 is 9.53 Å². The fourth-order valence-corrected chi connectivity index (χ4v) is 0.261. The number of aliphatic imine (C=N–C) groups is 2. The third-order valence-corrected chi connectivity index (χ3v) is 0.701. The average molecular weight is 156 g/mol. The van der Waals surface area contributed by atoms with E-state index in [0.29, 0.717) is 0 Å². The summed E-state index contributed by atoms with van der Waals surface area (Å²) in [7, 11) is 1.25. The number of hydrogen-bond donors (Lipinski definition) is 0. The van der Waals surface area contributed by atoms with Crippen LogP contribution in [0.1, 0.15) is 20.8 Å². The molecule has 0 rings (SSSR count). The normalized spacial score (nSPS) is 9.82. The molecule has 0 N–H and O–H groups in total. The van der Waals surface area contributed by atoms with E-state index >= 15 is 0 Å². The van der Waals surface area contributed by atoms with E-state index in [1.54, 1.807) is 0 Å². The van der Waals surface area contributed by atoms with E-state index in [4.69, 9.17) is 0 Å². The van der Waals surface area contributed by atoms with Crippen LogP contribution in [-0.2, 0) is 4.74 Å². The first-order chi connectivity index (χ1) is 4.95. The number of carbonyl (C=O) groups is 1. The van der Waals surface area contributed by atoms with Gasteiger partial charge in [0.25, 0.3) is 0 Å². The van der Waals surface area contributed by atoms with Crippen LogP contribution in [0.25, 0.3) is 0 Å². The van der Waals surface area contributed by atoms with Crippen LogP contribution in [0.3, 0.4) is 0 Å². The van der Waals surface area contributed by atoms with Gasteiger partial charge < -0.3 is 4.74 Å². The van der Waals surface area contributed by atoms with Gasteiger partial charge in [-0.1, -0.05) is 0 Å². The highest BCUT2D eigenvalue weighted by molar-refractivity contribution is 5.75. The van der Waals surface area contributed by atoms with E-state index in [0.717, 1.165) is 0 Å². The zero-order chi connectivity index (χ0) is 8.91. The van der Waals surface area contributed by atoms with Gasteiger partial charge in [0.1, 0.15) is 6.01 Å². The third kappa shape index (κ3) is 6.74. The molecule has 4 heteroatoms. The van der Waals surface area contributed by atoms with Gasteiger partial charge in [-0.25, -0.2) is 9.79 Å². The third-order valence-electron chi connectivity index (χ3n) is 0.701. The molecule has 0 fully saturated rings. The molecule has 62 valence electrons. The van der Waals surface area contributed by atoms with Crippen LogP contribution in [0.15, 0.2) is 9.98 Å². The fourth-order valence-electron chi connectivity index (χ4n) is 0.261. The van der Waals surface area contributed by atoms with Crippen LogP contribution in [0.5, 0.6) is 0 Å². The molecule has 0 atom stereocenters. The van der Waals surface area contributed by atoms with Gasteiger partial charge in [0, 0.05) is 0 Å². The van der Waals surface area contributed by atoms with E-state index in [2.05, 4.69) is 20.7 Å². The molecule has 0 heterocycles. The molecule has 0 aliphatic heterocycles. The lowest BCUT2D eigenvalue weighted by atomic mass is 10.1. The molecule has 0 bridgehead atoms. The Kier molecular flexibility index (Phi) is 3.48. The van der Waals surface area contributed by atoms with Gasteiger partial charge in [0.2, 0.25) is 0 Å². The number of amides is 1. The van der Waals surface area contributed by atoms with E-state index in [1.165, 1.54) is 7.11 Å². The summed E-state index contributed by atoms with van der Waals surface area (Å²) in [6.07, 6.45) is -0.682. The Bertz CT molecular complexity index is 197. The standard InChI is InChI=1S/C7H12N2O2/c1-7(2,3)9-5-8-6(10)11-4/h1-4H3. The molecule has 0 aromatic rings. The van der Waals surface area contributed by atoms with Crippen molar-refractivity contribution in [3.63, 3.8) is 0 Å². The molecule has 0 radical (unpaired) electrons. The Labute approximate surface area is 66.0 Å². The van der Waals surface area contributed by atoms with Crippen molar-refractivity contribution in [1.82, 2.24) is 0 Å². The smallest absolute Gasteiger partial charge is 0.442 e. The molecule has 0 aliphatic carbocycles. The number of methoxy groups -OCH3 is 1. The van der Waals surface area contributed by atoms with Crippen molar-refractivity contribution in [3.8, 4) is 0 Å². The van der Waals surface area contributed by atoms with Crippen LogP contribution >= 0.6 is 0 Å². The summed E-state index contributed by atoms with van der Waals surface area (Å²) >= 11 is 0. The Morgan fingerprint density at radius 2 is 2.00 bits per heavy atom. The monoisotopic (exact) mass is 156 g/mol. The van der Waals surface area contributed by atoms with Crippen molar-refractivity contribution in [2.45, 2.75) is 26.3 Å². The van der Waals surface area contributed by atoms with Crippen molar-refractivity contribution in [2.24, 2.45) is 9.98 Å². The molecule has 1 amide bonds. The Morgan fingerprint density at radius 1 is 1.45 bits per heavy atom.